The molecule has 88 valence electrons. The highest BCUT2D eigenvalue weighted by Crippen LogP contribution is 2.45. The molecule has 4 heteroatoms. The minimum absolute atomic E-state index is 0.00286. The Labute approximate surface area is 94.3 Å². The number of hydrogen-bond acceptors (Lipinski definition) is 3. The molecule has 0 amide bonds. The maximum atomic E-state index is 11.8. The van der Waals surface area contributed by atoms with Crippen molar-refractivity contribution in [3.8, 4) is 0 Å². The van der Waals surface area contributed by atoms with E-state index in [1.165, 1.54) is 0 Å². The monoisotopic (exact) mass is 224 g/mol. The Morgan fingerprint density at radius 3 is 2.25 bits per heavy atom. The molecule has 3 rings (SSSR count). The van der Waals surface area contributed by atoms with Crippen LogP contribution in [0.5, 0.6) is 0 Å². The zero-order valence-corrected chi connectivity index (χ0v) is 9.26. The van der Waals surface area contributed by atoms with Crippen LogP contribution in [0.1, 0.15) is 19.8 Å². The number of carbonyl (C=O) groups excluding carboxylic acids is 1. The lowest BCUT2D eigenvalue weighted by molar-refractivity contribution is -0.163. The van der Waals surface area contributed by atoms with Gasteiger partial charge in [-0.15, -0.1) is 0 Å². The maximum absolute atomic E-state index is 11.8. The van der Waals surface area contributed by atoms with Gasteiger partial charge in [-0.1, -0.05) is 12.2 Å². The van der Waals surface area contributed by atoms with Crippen LogP contribution < -0.4 is 0 Å². The molecule has 1 saturated carbocycles. The van der Waals surface area contributed by atoms with Crippen molar-refractivity contribution in [3.05, 3.63) is 12.2 Å². The molecule has 1 fully saturated rings. The molecule has 4 nitrogen and oxygen atoms in total. The van der Waals surface area contributed by atoms with E-state index in [0.29, 0.717) is 6.61 Å². The molecule has 3 aliphatic carbocycles. The summed E-state index contributed by atoms with van der Waals surface area (Å²) in [6, 6.07) is 0. The molecule has 1 unspecified atom stereocenters. The average molecular weight is 224 g/mol. The predicted octanol–water partition coefficient (Wildman–Crippen LogP) is 1.46. The van der Waals surface area contributed by atoms with Crippen LogP contribution in [0.3, 0.4) is 0 Å². The van der Waals surface area contributed by atoms with Gasteiger partial charge in [-0.2, -0.15) is 0 Å². The molecule has 0 heterocycles. The van der Waals surface area contributed by atoms with E-state index in [2.05, 4.69) is 0 Å². The molecule has 0 aliphatic heterocycles. The highest BCUT2D eigenvalue weighted by molar-refractivity contribution is 5.82. The summed E-state index contributed by atoms with van der Waals surface area (Å²) in [5.74, 6) is -2.27. The summed E-state index contributed by atoms with van der Waals surface area (Å²) >= 11 is 0. The maximum Gasteiger partial charge on any atom is 0.310 e. The van der Waals surface area contributed by atoms with Crippen LogP contribution in [-0.4, -0.2) is 23.7 Å². The molecule has 0 spiro atoms. The molecule has 0 radical (unpaired) electrons. The van der Waals surface area contributed by atoms with Gasteiger partial charge in [0, 0.05) is 0 Å². The fraction of sp³-hybridized carbons (Fsp3) is 0.667. The topological polar surface area (TPSA) is 63.6 Å². The average Bonchev–Trinajstić information content (AvgIpc) is 2.29. The Hall–Kier alpha value is -1.32. The zero-order valence-electron chi connectivity index (χ0n) is 9.26. The normalized spacial score (nSPS) is 36.1. The first-order valence-corrected chi connectivity index (χ1v) is 5.73. The van der Waals surface area contributed by atoms with Gasteiger partial charge in [-0.25, -0.2) is 0 Å². The number of esters is 1. The van der Waals surface area contributed by atoms with Crippen LogP contribution in [0.2, 0.25) is 0 Å². The van der Waals surface area contributed by atoms with Gasteiger partial charge in [0.25, 0.3) is 0 Å². The Morgan fingerprint density at radius 1 is 1.25 bits per heavy atom. The van der Waals surface area contributed by atoms with Crippen LogP contribution in [0.25, 0.3) is 0 Å². The molecule has 0 saturated heterocycles. The first-order valence-electron chi connectivity index (χ1n) is 5.73. The number of carbonyl (C=O) groups is 2. The van der Waals surface area contributed by atoms with Crippen molar-refractivity contribution in [2.24, 2.45) is 23.7 Å². The molecule has 1 N–H and O–H groups in total. The standard InChI is InChI=1S/C12H16O4/c1-2-16-12(15)10-8-5-3-7(4-6-8)9(10)11(13)14/h3,5,7-10H,2,4,6H2,1H3,(H,13,14)/t7-,8+,9-,10?/m0/s1. The molecule has 16 heavy (non-hydrogen) atoms. The first-order chi connectivity index (χ1) is 7.65. The SMILES string of the molecule is CCOC(=O)C1[C@@H]2C=C[C@@H](CC2)[C@@H]1C(=O)O. The summed E-state index contributed by atoms with van der Waals surface area (Å²) in [5, 5.41) is 9.21. The van der Waals surface area contributed by atoms with E-state index in [9.17, 15) is 14.7 Å². The highest BCUT2D eigenvalue weighted by Gasteiger charge is 2.48. The summed E-state index contributed by atoms with van der Waals surface area (Å²) in [6.07, 6.45) is 5.69. The second-order valence-electron chi connectivity index (χ2n) is 4.43. The number of carboxylic acid groups (broad SMARTS) is 1. The number of carboxylic acids is 1. The summed E-state index contributed by atoms with van der Waals surface area (Å²) in [5.41, 5.74) is 0. The van der Waals surface area contributed by atoms with Gasteiger partial charge >= 0.3 is 11.9 Å². The molecule has 4 atom stereocenters. The fourth-order valence-corrected chi connectivity index (χ4v) is 2.89. The van der Waals surface area contributed by atoms with Crippen molar-refractivity contribution in [2.75, 3.05) is 6.61 Å². The van der Waals surface area contributed by atoms with Gasteiger partial charge in [0.05, 0.1) is 18.4 Å². The molecule has 2 bridgehead atoms. The van der Waals surface area contributed by atoms with E-state index in [0.717, 1.165) is 12.8 Å². The van der Waals surface area contributed by atoms with Gasteiger partial charge in [-0.05, 0) is 31.6 Å². The minimum Gasteiger partial charge on any atom is -0.481 e. The summed E-state index contributed by atoms with van der Waals surface area (Å²) in [6.45, 7) is 2.05. The number of rotatable bonds is 3. The summed E-state index contributed by atoms with van der Waals surface area (Å²) in [4.78, 5) is 23.0. The van der Waals surface area contributed by atoms with Gasteiger partial charge in [0.1, 0.15) is 0 Å². The number of ether oxygens (including phenoxy) is 1. The van der Waals surface area contributed by atoms with E-state index in [1.807, 2.05) is 12.2 Å². The first kappa shape index (κ1) is 11.2. The number of hydrogen-bond donors (Lipinski definition) is 1. The lowest BCUT2D eigenvalue weighted by atomic mass is 9.62. The van der Waals surface area contributed by atoms with Crippen LogP contribution in [0.4, 0.5) is 0 Å². The second-order valence-corrected chi connectivity index (χ2v) is 4.43. The third-order valence-corrected chi connectivity index (χ3v) is 3.59. The third-order valence-electron chi connectivity index (χ3n) is 3.59. The third kappa shape index (κ3) is 1.72. The summed E-state index contributed by atoms with van der Waals surface area (Å²) < 4.78 is 4.98. The minimum atomic E-state index is -0.878. The molecular weight excluding hydrogens is 208 g/mol. The van der Waals surface area contributed by atoms with E-state index in [-0.39, 0.29) is 17.8 Å². The smallest absolute Gasteiger partial charge is 0.310 e. The fourth-order valence-electron chi connectivity index (χ4n) is 2.89. The van der Waals surface area contributed by atoms with Gasteiger partial charge < -0.3 is 9.84 Å². The van der Waals surface area contributed by atoms with Crippen molar-refractivity contribution in [2.45, 2.75) is 19.8 Å². The Balaban J connectivity index is 2.24. The van der Waals surface area contributed by atoms with E-state index in [1.54, 1.807) is 6.92 Å². The van der Waals surface area contributed by atoms with E-state index in [4.69, 9.17) is 4.74 Å². The zero-order chi connectivity index (χ0) is 11.7. The highest BCUT2D eigenvalue weighted by atomic mass is 16.5. The quantitative estimate of drug-likeness (QED) is 0.582. The molecule has 0 aromatic rings. The molecular formula is C12H16O4. The Morgan fingerprint density at radius 2 is 1.81 bits per heavy atom. The Kier molecular flexibility index (Phi) is 2.99. The van der Waals surface area contributed by atoms with E-state index >= 15 is 0 Å². The lowest BCUT2D eigenvalue weighted by Crippen LogP contribution is -2.45. The second kappa shape index (κ2) is 4.28. The van der Waals surface area contributed by atoms with Crippen molar-refractivity contribution < 1.29 is 19.4 Å². The van der Waals surface area contributed by atoms with Crippen molar-refractivity contribution in [3.63, 3.8) is 0 Å². The van der Waals surface area contributed by atoms with Gasteiger partial charge in [0.2, 0.25) is 0 Å². The number of allylic oxidation sites excluding steroid dienone is 2. The number of fused-ring (bicyclic) bond motifs is 2. The predicted molar refractivity (Wildman–Crippen MR) is 56.6 cm³/mol. The largest absolute Gasteiger partial charge is 0.481 e. The molecule has 3 aliphatic rings. The van der Waals surface area contributed by atoms with Crippen LogP contribution in [0.15, 0.2) is 12.2 Å². The molecule has 0 aromatic heterocycles. The van der Waals surface area contributed by atoms with E-state index < -0.39 is 17.8 Å². The summed E-state index contributed by atoms with van der Waals surface area (Å²) in [7, 11) is 0. The van der Waals surface area contributed by atoms with Crippen molar-refractivity contribution in [1.82, 2.24) is 0 Å². The lowest BCUT2D eigenvalue weighted by Gasteiger charge is -2.41. The van der Waals surface area contributed by atoms with Crippen molar-refractivity contribution >= 4 is 11.9 Å². The van der Waals surface area contributed by atoms with Crippen LogP contribution in [0, 0.1) is 23.7 Å². The van der Waals surface area contributed by atoms with Gasteiger partial charge in [-0.3, -0.25) is 9.59 Å². The van der Waals surface area contributed by atoms with Gasteiger partial charge in [0.15, 0.2) is 0 Å². The van der Waals surface area contributed by atoms with Crippen LogP contribution >= 0.6 is 0 Å². The molecule has 0 aromatic carbocycles. The van der Waals surface area contributed by atoms with Crippen LogP contribution in [-0.2, 0) is 14.3 Å². The number of aliphatic carboxylic acids is 1. The van der Waals surface area contributed by atoms with Crippen molar-refractivity contribution in [1.29, 1.82) is 0 Å². The Bertz CT molecular complexity index is 334.